The Morgan fingerprint density at radius 3 is 2.42 bits per heavy atom. The normalized spacial score (nSPS) is 18.1. The Balaban J connectivity index is 2.56. The van der Waals surface area contributed by atoms with E-state index in [0.29, 0.717) is 0 Å². The van der Waals surface area contributed by atoms with Crippen molar-refractivity contribution >= 4 is 9.24 Å². The first-order valence-electron chi connectivity index (χ1n) is 4.28. The van der Waals surface area contributed by atoms with Crippen molar-refractivity contribution in [2.24, 2.45) is 0 Å². The van der Waals surface area contributed by atoms with E-state index in [1.165, 1.54) is 12.8 Å². The zero-order valence-corrected chi connectivity index (χ0v) is 8.58. The molecule has 12 heavy (non-hydrogen) atoms. The van der Waals surface area contributed by atoms with E-state index in [1.54, 1.807) is 6.08 Å². The van der Waals surface area contributed by atoms with Crippen LogP contribution in [0.25, 0.3) is 0 Å². The van der Waals surface area contributed by atoms with Gasteiger partial charge < -0.3 is 4.90 Å². The predicted octanol–water partition coefficient (Wildman–Crippen LogP) is 2.54. The molecule has 0 aliphatic carbocycles. The largest absolute Gasteiger partial charge is 0.372 e. The molecule has 0 aromatic carbocycles. The summed E-state index contributed by atoms with van der Waals surface area (Å²) in [6, 6.07) is 0. The standard InChI is InChI=1S/C10H16NP/c1-3-6-10(12)9(2)11-7-4-5-8-11/h3,6H,1-2,4-5,7-8,12H2/b10-6+. The van der Waals surface area contributed by atoms with Crippen molar-refractivity contribution in [3.63, 3.8) is 0 Å². The molecule has 1 atom stereocenters. The Hall–Kier alpha value is -0.550. The molecule has 0 radical (unpaired) electrons. The first-order valence-corrected chi connectivity index (χ1v) is 4.86. The van der Waals surface area contributed by atoms with Crippen LogP contribution in [-0.2, 0) is 0 Å². The Morgan fingerprint density at radius 1 is 1.33 bits per heavy atom. The molecular weight excluding hydrogens is 165 g/mol. The van der Waals surface area contributed by atoms with E-state index in [1.807, 2.05) is 6.08 Å². The van der Waals surface area contributed by atoms with Crippen LogP contribution in [-0.4, -0.2) is 18.0 Å². The Bertz CT molecular complexity index is 212. The lowest BCUT2D eigenvalue weighted by molar-refractivity contribution is 0.440. The maximum atomic E-state index is 4.04. The molecule has 2 heteroatoms. The Labute approximate surface area is 77.0 Å². The van der Waals surface area contributed by atoms with Crippen LogP contribution in [0.3, 0.4) is 0 Å². The van der Waals surface area contributed by atoms with Crippen LogP contribution in [0.1, 0.15) is 12.8 Å². The summed E-state index contributed by atoms with van der Waals surface area (Å²) < 4.78 is 0. The van der Waals surface area contributed by atoms with E-state index < -0.39 is 0 Å². The summed E-state index contributed by atoms with van der Waals surface area (Å²) in [6.07, 6.45) is 6.37. The molecule has 0 aromatic heterocycles. The minimum absolute atomic E-state index is 1.12. The molecule has 0 aromatic rings. The third-order valence-electron chi connectivity index (χ3n) is 2.12. The van der Waals surface area contributed by atoms with Gasteiger partial charge >= 0.3 is 0 Å². The van der Waals surface area contributed by atoms with E-state index >= 15 is 0 Å². The lowest BCUT2D eigenvalue weighted by atomic mass is 10.3. The molecule has 0 saturated carbocycles. The third kappa shape index (κ3) is 2.22. The fraction of sp³-hybridized carbons (Fsp3) is 0.400. The molecule has 66 valence electrons. The van der Waals surface area contributed by atoms with Gasteiger partial charge in [0.1, 0.15) is 0 Å². The van der Waals surface area contributed by atoms with Crippen LogP contribution in [0, 0.1) is 0 Å². The number of allylic oxidation sites excluding steroid dienone is 3. The maximum absolute atomic E-state index is 4.04. The zero-order valence-electron chi connectivity index (χ0n) is 7.42. The molecule has 1 heterocycles. The Kier molecular flexibility index (Phi) is 3.55. The smallest absolute Gasteiger partial charge is 0.0365 e. The first-order chi connectivity index (χ1) is 5.75. The summed E-state index contributed by atoms with van der Waals surface area (Å²) >= 11 is 0. The number of hydrogen-bond acceptors (Lipinski definition) is 1. The van der Waals surface area contributed by atoms with Crippen LogP contribution in [0.4, 0.5) is 0 Å². The quantitative estimate of drug-likeness (QED) is 0.477. The van der Waals surface area contributed by atoms with E-state index in [-0.39, 0.29) is 0 Å². The van der Waals surface area contributed by atoms with Crippen molar-refractivity contribution in [3.05, 3.63) is 36.3 Å². The van der Waals surface area contributed by atoms with E-state index in [0.717, 1.165) is 24.1 Å². The minimum Gasteiger partial charge on any atom is -0.372 e. The molecular formula is C10H16NP. The molecule has 1 saturated heterocycles. The van der Waals surface area contributed by atoms with Crippen molar-refractivity contribution in [2.75, 3.05) is 13.1 Å². The second-order valence-electron chi connectivity index (χ2n) is 3.00. The zero-order chi connectivity index (χ0) is 8.97. The molecule has 1 nitrogen and oxygen atoms in total. The van der Waals surface area contributed by atoms with Gasteiger partial charge in [-0.1, -0.05) is 25.3 Å². The van der Waals surface area contributed by atoms with E-state index in [9.17, 15) is 0 Å². The minimum atomic E-state index is 1.12. The first kappa shape index (κ1) is 9.54. The number of nitrogens with zero attached hydrogens (tertiary/aromatic N) is 1. The van der Waals surface area contributed by atoms with Gasteiger partial charge in [-0.15, -0.1) is 9.24 Å². The predicted molar refractivity (Wildman–Crippen MR) is 57.9 cm³/mol. The lowest BCUT2D eigenvalue weighted by Gasteiger charge is -2.20. The van der Waals surface area contributed by atoms with Gasteiger partial charge in [0.25, 0.3) is 0 Å². The molecule has 0 spiro atoms. The average Bonchev–Trinajstić information content (AvgIpc) is 2.55. The summed E-state index contributed by atoms with van der Waals surface area (Å²) in [5.41, 5.74) is 1.12. The van der Waals surface area contributed by atoms with Crippen LogP contribution < -0.4 is 0 Å². The van der Waals surface area contributed by atoms with E-state index in [2.05, 4.69) is 27.3 Å². The summed E-state index contributed by atoms with van der Waals surface area (Å²) in [6.45, 7) is 10.0. The summed E-state index contributed by atoms with van der Waals surface area (Å²) in [4.78, 5) is 2.32. The van der Waals surface area contributed by atoms with Crippen molar-refractivity contribution in [1.29, 1.82) is 0 Å². The molecule has 1 aliphatic rings. The van der Waals surface area contributed by atoms with Gasteiger partial charge in [-0.25, -0.2) is 0 Å². The van der Waals surface area contributed by atoms with Crippen LogP contribution >= 0.6 is 9.24 Å². The van der Waals surface area contributed by atoms with Gasteiger partial charge in [0.2, 0.25) is 0 Å². The monoisotopic (exact) mass is 181 g/mol. The van der Waals surface area contributed by atoms with Gasteiger partial charge in [-0.05, 0) is 18.2 Å². The second kappa shape index (κ2) is 4.47. The van der Waals surface area contributed by atoms with E-state index in [4.69, 9.17) is 0 Å². The molecule has 1 fully saturated rings. The second-order valence-corrected chi connectivity index (χ2v) is 3.62. The highest BCUT2D eigenvalue weighted by atomic mass is 31.0. The molecule has 0 amide bonds. The molecule has 0 N–H and O–H groups in total. The highest BCUT2D eigenvalue weighted by molar-refractivity contribution is 7.23. The average molecular weight is 181 g/mol. The SMILES string of the molecule is C=C/C=C(/P)C(=C)N1CCCC1. The Morgan fingerprint density at radius 2 is 1.92 bits per heavy atom. The third-order valence-corrected chi connectivity index (χ3v) is 2.64. The molecule has 1 rings (SSSR count). The van der Waals surface area contributed by atoms with Crippen molar-refractivity contribution < 1.29 is 0 Å². The maximum Gasteiger partial charge on any atom is 0.0365 e. The molecule has 1 unspecified atom stereocenters. The van der Waals surface area contributed by atoms with Crippen LogP contribution in [0.15, 0.2) is 36.3 Å². The fourth-order valence-electron chi connectivity index (χ4n) is 1.39. The van der Waals surface area contributed by atoms with Crippen LogP contribution in [0.2, 0.25) is 0 Å². The highest BCUT2D eigenvalue weighted by Crippen LogP contribution is 2.23. The summed E-state index contributed by atoms with van der Waals surface area (Å²) in [5.74, 6) is 0. The fourth-order valence-corrected chi connectivity index (χ4v) is 1.71. The number of rotatable bonds is 3. The van der Waals surface area contributed by atoms with Gasteiger partial charge in [0.05, 0.1) is 0 Å². The lowest BCUT2D eigenvalue weighted by Crippen LogP contribution is -2.17. The molecule has 1 aliphatic heterocycles. The van der Waals surface area contributed by atoms with Crippen molar-refractivity contribution in [3.8, 4) is 0 Å². The molecule has 0 bridgehead atoms. The van der Waals surface area contributed by atoms with Crippen molar-refractivity contribution in [2.45, 2.75) is 12.8 Å². The van der Waals surface area contributed by atoms with Gasteiger partial charge in [-0.3, -0.25) is 0 Å². The number of hydrogen-bond donors (Lipinski definition) is 0. The highest BCUT2D eigenvalue weighted by Gasteiger charge is 2.13. The van der Waals surface area contributed by atoms with Gasteiger partial charge in [-0.2, -0.15) is 0 Å². The van der Waals surface area contributed by atoms with Gasteiger partial charge in [0.15, 0.2) is 0 Å². The van der Waals surface area contributed by atoms with Crippen LogP contribution in [0.5, 0.6) is 0 Å². The summed E-state index contributed by atoms with van der Waals surface area (Å²) in [5, 5.41) is 1.15. The number of likely N-dealkylation sites (tertiary alicyclic amines) is 1. The summed E-state index contributed by atoms with van der Waals surface area (Å²) in [7, 11) is 2.70. The topological polar surface area (TPSA) is 3.24 Å². The van der Waals surface area contributed by atoms with Gasteiger partial charge in [0, 0.05) is 18.8 Å². The van der Waals surface area contributed by atoms with Crippen molar-refractivity contribution in [1.82, 2.24) is 4.90 Å².